The number of hydrogen-bond donors (Lipinski definition) is 4. The van der Waals surface area contributed by atoms with E-state index in [2.05, 4.69) is 5.32 Å². The predicted octanol–water partition coefficient (Wildman–Crippen LogP) is 3.14. The Morgan fingerprint density at radius 1 is 1.00 bits per heavy atom. The van der Waals surface area contributed by atoms with Crippen LogP contribution in [0.4, 0.5) is 0 Å². The number of aromatic hydroxyl groups is 3. The Balaban J connectivity index is 1.60. The number of phenols is 3. The fraction of sp³-hybridized carbons (Fsp3) is 0.263. The second kappa shape index (κ2) is 8.16. The van der Waals surface area contributed by atoms with Crippen LogP contribution >= 0.6 is 23.2 Å². The molecule has 1 heterocycles. The molecule has 0 unspecified atom stereocenters. The molecule has 2 aromatic carbocycles. The molecule has 1 saturated heterocycles. The molecule has 2 amide bonds. The topological polar surface area (TPSA) is 110 Å². The number of rotatable bonds is 3. The number of carbonyl (C=O) groups is 2. The van der Waals surface area contributed by atoms with Crippen molar-refractivity contribution < 1.29 is 24.9 Å². The summed E-state index contributed by atoms with van der Waals surface area (Å²) in [5.74, 6) is -2.51. The number of likely N-dealkylation sites (tertiary alicyclic amines) is 1. The van der Waals surface area contributed by atoms with Crippen LogP contribution in [0.5, 0.6) is 17.2 Å². The molecule has 0 radical (unpaired) electrons. The van der Waals surface area contributed by atoms with Gasteiger partial charge in [0.05, 0.1) is 10.6 Å². The highest BCUT2D eigenvalue weighted by Gasteiger charge is 2.26. The standard InChI is InChI=1S/C19H18Cl2N2O5/c20-11-1-2-14(21)13(9-11)18(27)22-12-3-5-23(6-4-12)19(28)10-7-15(24)17(26)16(25)8-10/h1-2,7-9,12,24-26H,3-6H2,(H,22,27). The van der Waals surface area contributed by atoms with E-state index in [-0.39, 0.29) is 23.4 Å². The van der Waals surface area contributed by atoms with Gasteiger partial charge >= 0.3 is 0 Å². The summed E-state index contributed by atoms with van der Waals surface area (Å²) in [6, 6.07) is 6.74. The molecule has 148 valence electrons. The largest absolute Gasteiger partial charge is 0.504 e. The Kier molecular flexibility index (Phi) is 5.86. The average molecular weight is 425 g/mol. The molecule has 0 spiro atoms. The van der Waals surface area contributed by atoms with Crippen molar-refractivity contribution in [2.75, 3.05) is 13.1 Å². The highest BCUT2D eigenvalue weighted by molar-refractivity contribution is 6.35. The van der Waals surface area contributed by atoms with Crippen LogP contribution in [0, 0.1) is 0 Å². The van der Waals surface area contributed by atoms with E-state index >= 15 is 0 Å². The second-order valence-electron chi connectivity index (χ2n) is 6.53. The lowest BCUT2D eigenvalue weighted by molar-refractivity contribution is 0.0697. The van der Waals surface area contributed by atoms with E-state index in [1.165, 1.54) is 6.07 Å². The molecular weight excluding hydrogens is 407 g/mol. The van der Waals surface area contributed by atoms with E-state index in [1.807, 2.05) is 0 Å². The van der Waals surface area contributed by atoms with Crippen molar-refractivity contribution >= 4 is 35.0 Å². The Morgan fingerprint density at radius 3 is 2.21 bits per heavy atom. The van der Waals surface area contributed by atoms with Crippen molar-refractivity contribution in [3.8, 4) is 17.2 Å². The number of phenolic OH excluding ortho intramolecular Hbond substituents is 3. The molecule has 9 heteroatoms. The Morgan fingerprint density at radius 2 is 1.61 bits per heavy atom. The Hall–Kier alpha value is -2.64. The zero-order chi connectivity index (χ0) is 20.4. The van der Waals surface area contributed by atoms with Crippen LogP contribution in [0.2, 0.25) is 10.0 Å². The van der Waals surface area contributed by atoms with Crippen LogP contribution in [0.3, 0.4) is 0 Å². The van der Waals surface area contributed by atoms with Crippen molar-refractivity contribution in [1.29, 1.82) is 0 Å². The van der Waals surface area contributed by atoms with Gasteiger partial charge < -0.3 is 25.5 Å². The summed E-state index contributed by atoms with van der Waals surface area (Å²) in [5.41, 5.74) is 0.365. The molecule has 0 atom stereocenters. The Bertz CT molecular complexity index is 904. The number of benzene rings is 2. The number of halogens is 2. The van der Waals surface area contributed by atoms with E-state index < -0.39 is 17.2 Å². The molecule has 28 heavy (non-hydrogen) atoms. The van der Waals surface area contributed by atoms with Gasteiger partial charge in [-0.25, -0.2) is 0 Å². The lowest BCUT2D eigenvalue weighted by atomic mass is 10.0. The first kappa shape index (κ1) is 20.1. The SMILES string of the molecule is O=C(NC1CCN(C(=O)c2cc(O)c(O)c(O)c2)CC1)c1cc(Cl)ccc1Cl. The summed E-state index contributed by atoms with van der Waals surface area (Å²) in [6.45, 7) is 0.769. The first-order chi connectivity index (χ1) is 13.3. The van der Waals surface area contributed by atoms with Gasteiger partial charge in [-0.05, 0) is 43.2 Å². The summed E-state index contributed by atoms with van der Waals surface area (Å²) in [6.07, 6.45) is 1.07. The fourth-order valence-corrected chi connectivity index (χ4v) is 3.45. The van der Waals surface area contributed by atoms with E-state index in [1.54, 1.807) is 17.0 Å². The monoisotopic (exact) mass is 424 g/mol. The van der Waals surface area contributed by atoms with Crippen LogP contribution in [-0.2, 0) is 0 Å². The zero-order valence-electron chi connectivity index (χ0n) is 14.7. The molecular formula is C19H18Cl2N2O5. The van der Waals surface area contributed by atoms with Crippen molar-refractivity contribution in [1.82, 2.24) is 10.2 Å². The van der Waals surface area contributed by atoms with Gasteiger partial charge in [-0.15, -0.1) is 0 Å². The van der Waals surface area contributed by atoms with Crippen LogP contribution in [0.1, 0.15) is 33.6 Å². The number of amides is 2. The van der Waals surface area contributed by atoms with E-state index in [0.29, 0.717) is 41.5 Å². The molecule has 1 aliphatic heterocycles. The number of carbonyl (C=O) groups excluding carboxylic acids is 2. The zero-order valence-corrected chi connectivity index (χ0v) is 16.2. The van der Waals surface area contributed by atoms with Gasteiger partial charge in [0.2, 0.25) is 0 Å². The summed E-state index contributed by atoms with van der Waals surface area (Å²) >= 11 is 12.0. The highest BCUT2D eigenvalue weighted by atomic mass is 35.5. The van der Waals surface area contributed by atoms with Crippen LogP contribution in [0.25, 0.3) is 0 Å². The highest BCUT2D eigenvalue weighted by Crippen LogP contribution is 2.35. The third-order valence-electron chi connectivity index (χ3n) is 4.61. The molecule has 1 fully saturated rings. The summed E-state index contributed by atoms with van der Waals surface area (Å²) in [5, 5.41) is 32.1. The minimum atomic E-state index is -0.669. The third-order valence-corrected chi connectivity index (χ3v) is 5.17. The first-order valence-electron chi connectivity index (χ1n) is 8.56. The summed E-state index contributed by atoms with van der Waals surface area (Å²) in [4.78, 5) is 26.5. The summed E-state index contributed by atoms with van der Waals surface area (Å²) in [7, 11) is 0. The van der Waals surface area contributed by atoms with Gasteiger partial charge in [-0.1, -0.05) is 23.2 Å². The molecule has 2 aromatic rings. The first-order valence-corrected chi connectivity index (χ1v) is 9.32. The van der Waals surface area contributed by atoms with Gasteiger partial charge in [0.15, 0.2) is 17.2 Å². The molecule has 1 aliphatic rings. The lowest BCUT2D eigenvalue weighted by Gasteiger charge is -2.32. The van der Waals surface area contributed by atoms with Gasteiger partial charge in [0.25, 0.3) is 11.8 Å². The molecule has 0 saturated carbocycles. The van der Waals surface area contributed by atoms with Crippen LogP contribution in [0.15, 0.2) is 30.3 Å². The fourth-order valence-electron chi connectivity index (χ4n) is 3.07. The molecule has 7 nitrogen and oxygen atoms in total. The smallest absolute Gasteiger partial charge is 0.254 e. The van der Waals surface area contributed by atoms with Crippen molar-refractivity contribution in [3.63, 3.8) is 0 Å². The number of nitrogens with zero attached hydrogens (tertiary/aromatic N) is 1. The maximum atomic E-state index is 12.6. The number of hydrogen-bond acceptors (Lipinski definition) is 5. The quantitative estimate of drug-likeness (QED) is 0.565. The van der Waals surface area contributed by atoms with Crippen molar-refractivity contribution in [3.05, 3.63) is 51.5 Å². The number of piperidine rings is 1. The maximum absolute atomic E-state index is 12.6. The number of nitrogens with one attached hydrogen (secondary N) is 1. The second-order valence-corrected chi connectivity index (χ2v) is 7.37. The normalized spacial score (nSPS) is 14.7. The maximum Gasteiger partial charge on any atom is 0.254 e. The molecule has 3 rings (SSSR count). The third kappa shape index (κ3) is 4.26. The van der Waals surface area contributed by atoms with Gasteiger partial charge in [0.1, 0.15) is 0 Å². The molecule has 4 N–H and O–H groups in total. The van der Waals surface area contributed by atoms with Crippen LogP contribution in [-0.4, -0.2) is 51.2 Å². The van der Waals surface area contributed by atoms with Crippen molar-refractivity contribution in [2.24, 2.45) is 0 Å². The summed E-state index contributed by atoms with van der Waals surface area (Å²) < 4.78 is 0. The van der Waals surface area contributed by atoms with Crippen LogP contribution < -0.4 is 5.32 Å². The average Bonchev–Trinajstić information content (AvgIpc) is 2.67. The van der Waals surface area contributed by atoms with E-state index in [0.717, 1.165) is 12.1 Å². The molecule has 0 aromatic heterocycles. The van der Waals surface area contributed by atoms with Gasteiger partial charge in [-0.2, -0.15) is 0 Å². The molecule has 0 bridgehead atoms. The van der Waals surface area contributed by atoms with Gasteiger partial charge in [-0.3, -0.25) is 9.59 Å². The Labute approximate surface area is 171 Å². The van der Waals surface area contributed by atoms with E-state index in [9.17, 15) is 24.9 Å². The van der Waals surface area contributed by atoms with Gasteiger partial charge in [0, 0.05) is 29.7 Å². The van der Waals surface area contributed by atoms with E-state index in [4.69, 9.17) is 23.2 Å². The molecule has 0 aliphatic carbocycles. The minimum absolute atomic E-state index is 0.0704. The predicted molar refractivity (Wildman–Crippen MR) is 104 cm³/mol. The lowest BCUT2D eigenvalue weighted by Crippen LogP contribution is -2.46. The van der Waals surface area contributed by atoms with Crippen molar-refractivity contribution in [2.45, 2.75) is 18.9 Å². The minimum Gasteiger partial charge on any atom is -0.504 e.